The number of hydrogen-bond donors (Lipinski definition) is 2. The largest absolute Gasteiger partial charge is 0.494 e. The Labute approximate surface area is 221 Å². The number of nitrogens with zero attached hydrogens (tertiary/aromatic N) is 6. The van der Waals surface area contributed by atoms with Crippen molar-refractivity contribution in [1.29, 1.82) is 0 Å². The van der Waals surface area contributed by atoms with Crippen molar-refractivity contribution in [2.24, 2.45) is 0 Å². The van der Waals surface area contributed by atoms with E-state index in [2.05, 4.69) is 35.2 Å². The van der Waals surface area contributed by atoms with Crippen LogP contribution in [0.15, 0.2) is 49.1 Å². The molecule has 4 aromatic rings. The lowest BCUT2D eigenvalue weighted by molar-refractivity contribution is 0.391. The van der Waals surface area contributed by atoms with Gasteiger partial charge in [-0.2, -0.15) is 0 Å². The Morgan fingerprint density at radius 1 is 0.947 bits per heavy atom. The molecule has 2 atom stereocenters. The summed E-state index contributed by atoms with van der Waals surface area (Å²) in [5, 5.41) is 10.6. The third-order valence-electron chi connectivity index (χ3n) is 6.00. The molecule has 0 amide bonds. The highest BCUT2D eigenvalue weighted by Crippen LogP contribution is 2.38. The summed E-state index contributed by atoms with van der Waals surface area (Å²) in [6.45, 7) is 5.33. The van der Waals surface area contributed by atoms with Crippen molar-refractivity contribution in [3.05, 3.63) is 66.0 Å². The molecule has 0 bridgehead atoms. The molecule has 0 radical (unpaired) electrons. The Morgan fingerprint density at radius 2 is 1.61 bits per heavy atom. The molecule has 200 valence electrons. The Morgan fingerprint density at radius 3 is 2.18 bits per heavy atom. The first-order chi connectivity index (χ1) is 18.2. The maximum atomic E-state index is 13.7. The van der Waals surface area contributed by atoms with Gasteiger partial charge in [-0.05, 0) is 57.1 Å². The molecule has 12 nitrogen and oxygen atoms in total. The fourth-order valence-corrected chi connectivity index (χ4v) is 5.20. The molecule has 0 saturated heterocycles. The number of aromatic nitrogens is 6. The van der Waals surface area contributed by atoms with Gasteiger partial charge in [-0.15, -0.1) is 10.2 Å². The van der Waals surface area contributed by atoms with E-state index < -0.39 is 21.3 Å². The number of methoxy groups -OCH3 is 2. The fourth-order valence-electron chi connectivity index (χ4n) is 4.01. The summed E-state index contributed by atoms with van der Waals surface area (Å²) in [7, 11) is 0.646. The number of rotatable bonds is 10. The first-order valence-corrected chi connectivity index (χ1v) is 13.3. The number of aryl methyl sites for hydroxylation is 2. The number of nitrogens with one attached hydrogen (secondary N) is 2. The van der Waals surface area contributed by atoms with E-state index in [1.165, 1.54) is 14.2 Å². The smallest absolute Gasteiger partial charge is 0.243 e. The second kappa shape index (κ2) is 11.1. The number of para-hydroxylation sites is 1. The van der Waals surface area contributed by atoms with E-state index in [0.29, 0.717) is 34.4 Å². The molecule has 2 N–H and O–H groups in total. The van der Waals surface area contributed by atoms with Crippen molar-refractivity contribution in [2.45, 2.75) is 32.1 Å². The van der Waals surface area contributed by atoms with Crippen molar-refractivity contribution < 1.29 is 17.9 Å². The Balaban J connectivity index is 1.84. The zero-order valence-corrected chi connectivity index (χ0v) is 22.8. The van der Waals surface area contributed by atoms with Gasteiger partial charge in [0.15, 0.2) is 5.82 Å². The normalized spacial score (nSPS) is 13.1. The number of anilines is 1. The minimum Gasteiger partial charge on any atom is -0.494 e. The van der Waals surface area contributed by atoms with Crippen molar-refractivity contribution >= 4 is 16.0 Å². The van der Waals surface area contributed by atoms with Crippen molar-refractivity contribution in [2.75, 3.05) is 26.0 Å². The molecule has 0 fully saturated rings. The number of ether oxygens (including phenoxy) is 2. The summed E-state index contributed by atoms with van der Waals surface area (Å²) in [4.78, 5) is 12.9. The van der Waals surface area contributed by atoms with E-state index in [1.807, 2.05) is 19.9 Å². The molecule has 3 heterocycles. The van der Waals surface area contributed by atoms with Crippen molar-refractivity contribution in [3.63, 3.8) is 0 Å². The maximum Gasteiger partial charge on any atom is 0.243 e. The lowest BCUT2D eigenvalue weighted by Crippen LogP contribution is -2.38. The maximum absolute atomic E-state index is 13.7. The van der Waals surface area contributed by atoms with E-state index in [0.717, 1.165) is 11.1 Å². The van der Waals surface area contributed by atoms with Crippen LogP contribution in [0.2, 0.25) is 0 Å². The molecule has 0 unspecified atom stereocenters. The van der Waals surface area contributed by atoms with Gasteiger partial charge in [0, 0.05) is 30.4 Å². The topological polar surface area (TPSA) is 146 Å². The fraction of sp³-hybridized carbons (Fsp3) is 0.320. The molecule has 0 aliphatic rings. The zero-order valence-electron chi connectivity index (χ0n) is 22.0. The lowest BCUT2D eigenvalue weighted by Gasteiger charge is -2.23. The third-order valence-corrected chi connectivity index (χ3v) is 7.72. The van der Waals surface area contributed by atoms with Gasteiger partial charge >= 0.3 is 0 Å². The molecule has 13 heteroatoms. The van der Waals surface area contributed by atoms with Crippen LogP contribution in [0, 0.1) is 13.8 Å². The minimum atomic E-state index is -4.04. The molecular weight excluding hydrogens is 508 g/mol. The molecule has 0 aliphatic heterocycles. The van der Waals surface area contributed by atoms with E-state index in [4.69, 9.17) is 9.47 Å². The summed E-state index contributed by atoms with van der Waals surface area (Å²) in [5.74, 6) is 1.52. The van der Waals surface area contributed by atoms with Crippen LogP contribution in [0.1, 0.15) is 29.9 Å². The Bertz CT molecular complexity index is 1500. The highest BCUT2D eigenvalue weighted by Gasteiger charge is 2.34. The Hall–Kier alpha value is -4.10. The molecule has 0 saturated carbocycles. The molecule has 0 aliphatic carbocycles. The average molecular weight is 539 g/mol. The predicted octanol–water partition coefficient (Wildman–Crippen LogP) is 2.84. The number of benzene rings is 1. The lowest BCUT2D eigenvalue weighted by atomic mass is 10.2. The molecule has 4 rings (SSSR count). The van der Waals surface area contributed by atoms with Gasteiger partial charge in [0.1, 0.15) is 28.3 Å². The van der Waals surface area contributed by atoms with Crippen LogP contribution < -0.4 is 19.5 Å². The molecule has 1 aromatic carbocycles. The minimum absolute atomic E-state index is 0.0455. The van der Waals surface area contributed by atoms with Crippen LogP contribution in [-0.4, -0.2) is 64.7 Å². The molecule has 0 spiro atoms. The van der Waals surface area contributed by atoms with Gasteiger partial charge < -0.3 is 14.8 Å². The Kier molecular flexibility index (Phi) is 7.88. The highest BCUT2D eigenvalue weighted by molar-refractivity contribution is 7.93. The SMILES string of the molecule is CN[C@@H](c1ncc(C)cn1)[C@@H](C)S(=O)(=O)Nc1nnc(-c2cncc(C)c2)n1-c1c(OC)cccc1OC. The monoisotopic (exact) mass is 538 g/mol. The first-order valence-electron chi connectivity index (χ1n) is 11.8. The number of pyridine rings is 1. The van der Waals surface area contributed by atoms with Crippen LogP contribution in [0.25, 0.3) is 17.1 Å². The summed E-state index contributed by atoms with van der Waals surface area (Å²) in [5.41, 5.74) is 2.82. The second-order valence-corrected chi connectivity index (χ2v) is 10.7. The standard InChI is InChI=1S/C25H30N8O4S/c1-15-10-18(14-27-11-15)24-30-31-25(33(24)22-19(36-5)8-7-9-20(22)37-6)32-38(34,35)17(3)21(26-4)23-28-12-16(2)13-29-23/h7-14,17,21,26H,1-6H3,(H,31,32)/t17-,21-/m1/s1. The van der Waals surface area contributed by atoms with Crippen molar-refractivity contribution in [1.82, 2.24) is 35.0 Å². The summed E-state index contributed by atoms with van der Waals surface area (Å²) in [6.07, 6.45) is 6.63. The van der Waals surface area contributed by atoms with Gasteiger partial charge in [0.25, 0.3) is 0 Å². The second-order valence-electron chi connectivity index (χ2n) is 8.68. The predicted molar refractivity (Wildman–Crippen MR) is 143 cm³/mol. The van der Waals surface area contributed by atoms with Crippen molar-refractivity contribution in [3.8, 4) is 28.6 Å². The van der Waals surface area contributed by atoms with Gasteiger partial charge in [-0.3, -0.25) is 14.3 Å². The molecular formula is C25H30N8O4S. The van der Waals surface area contributed by atoms with E-state index in [1.54, 1.807) is 61.5 Å². The van der Waals surface area contributed by atoms with Gasteiger partial charge in [-0.25, -0.2) is 18.4 Å². The molecule has 3 aromatic heterocycles. The quantitative estimate of drug-likeness (QED) is 0.309. The van der Waals surface area contributed by atoms with Gasteiger partial charge in [-0.1, -0.05) is 6.07 Å². The molecule has 38 heavy (non-hydrogen) atoms. The van der Waals surface area contributed by atoms with Crippen LogP contribution in [-0.2, 0) is 10.0 Å². The van der Waals surface area contributed by atoms with E-state index in [-0.39, 0.29) is 5.95 Å². The van der Waals surface area contributed by atoms with Crippen LogP contribution in [0.3, 0.4) is 0 Å². The summed E-state index contributed by atoms with van der Waals surface area (Å²) >= 11 is 0. The number of sulfonamides is 1. The van der Waals surface area contributed by atoms with Crippen LogP contribution in [0.5, 0.6) is 11.5 Å². The number of hydrogen-bond acceptors (Lipinski definition) is 10. The highest BCUT2D eigenvalue weighted by atomic mass is 32.2. The zero-order chi connectivity index (χ0) is 27.4. The van der Waals surface area contributed by atoms with E-state index >= 15 is 0 Å². The van der Waals surface area contributed by atoms with Gasteiger partial charge in [0.05, 0.1) is 20.3 Å². The third kappa shape index (κ3) is 5.29. The van der Waals surface area contributed by atoms with E-state index in [9.17, 15) is 8.42 Å². The summed E-state index contributed by atoms with van der Waals surface area (Å²) < 4.78 is 42.7. The average Bonchev–Trinajstić information content (AvgIpc) is 3.31. The summed E-state index contributed by atoms with van der Waals surface area (Å²) in [6, 6.07) is 6.43. The van der Waals surface area contributed by atoms with Crippen LogP contribution in [0.4, 0.5) is 5.95 Å². The van der Waals surface area contributed by atoms with Gasteiger partial charge in [0.2, 0.25) is 16.0 Å². The first kappa shape index (κ1) is 26.9. The van der Waals surface area contributed by atoms with Crippen LogP contribution >= 0.6 is 0 Å².